The standard InChI is InChI=1S/C14H17N3O4/c1-21-8-2-6-15-14(18)10-16-7-5-11-9-12(17(19)20)3-4-13(11)16/h3-5,7,9H,2,6,8,10H2,1H3,(H,15,18). The van der Waals surface area contributed by atoms with Crippen molar-refractivity contribution in [3.8, 4) is 0 Å². The molecule has 21 heavy (non-hydrogen) atoms. The van der Waals surface area contributed by atoms with Crippen LogP contribution in [0.2, 0.25) is 0 Å². The van der Waals surface area contributed by atoms with Crippen molar-refractivity contribution in [2.45, 2.75) is 13.0 Å². The number of non-ortho nitro benzene ring substituents is 1. The van der Waals surface area contributed by atoms with Crippen molar-refractivity contribution in [2.24, 2.45) is 0 Å². The van der Waals surface area contributed by atoms with Crippen LogP contribution in [0.5, 0.6) is 0 Å². The molecular formula is C14H17N3O4. The maximum Gasteiger partial charge on any atom is 0.270 e. The van der Waals surface area contributed by atoms with Crippen LogP contribution in [0.25, 0.3) is 10.9 Å². The highest BCUT2D eigenvalue weighted by molar-refractivity contribution is 5.85. The van der Waals surface area contributed by atoms with Crippen LogP contribution in [0, 0.1) is 10.1 Å². The Morgan fingerprint density at radius 3 is 2.95 bits per heavy atom. The Bertz CT molecular complexity index is 651. The Balaban J connectivity index is 2.02. The molecule has 1 aromatic heterocycles. The molecule has 0 radical (unpaired) electrons. The van der Waals surface area contributed by atoms with Gasteiger partial charge in [0.05, 0.1) is 4.92 Å². The minimum absolute atomic E-state index is 0.0456. The highest BCUT2D eigenvalue weighted by atomic mass is 16.6. The number of ether oxygens (including phenoxy) is 1. The molecule has 0 spiro atoms. The first kappa shape index (κ1) is 15.0. The molecule has 7 nitrogen and oxygen atoms in total. The summed E-state index contributed by atoms with van der Waals surface area (Å²) in [7, 11) is 1.62. The summed E-state index contributed by atoms with van der Waals surface area (Å²) in [5, 5.41) is 14.3. The quantitative estimate of drug-likeness (QED) is 0.478. The molecule has 0 atom stereocenters. The first-order chi connectivity index (χ1) is 10.1. The van der Waals surface area contributed by atoms with Gasteiger partial charge in [0.1, 0.15) is 6.54 Å². The van der Waals surface area contributed by atoms with Gasteiger partial charge in [-0.25, -0.2) is 0 Å². The van der Waals surface area contributed by atoms with Crippen LogP contribution >= 0.6 is 0 Å². The van der Waals surface area contributed by atoms with Crippen LogP contribution in [0.4, 0.5) is 5.69 Å². The molecule has 0 fully saturated rings. The van der Waals surface area contributed by atoms with Crippen LogP contribution in [0.1, 0.15) is 6.42 Å². The van der Waals surface area contributed by atoms with Crippen molar-refractivity contribution in [3.63, 3.8) is 0 Å². The number of hydrogen-bond acceptors (Lipinski definition) is 4. The Labute approximate surface area is 121 Å². The van der Waals surface area contributed by atoms with E-state index in [9.17, 15) is 14.9 Å². The predicted octanol–water partition coefficient (Wildman–Crippen LogP) is 1.70. The van der Waals surface area contributed by atoms with Crippen LogP contribution in [0.3, 0.4) is 0 Å². The first-order valence-electron chi connectivity index (χ1n) is 6.60. The average Bonchev–Trinajstić information content (AvgIpc) is 2.86. The van der Waals surface area contributed by atoms with Gasteiger partial charge in [-0.15, -0.1) is 0 Å². The highest BCUT2D eigenvalue weighted by Gasteiger charge is 2.10. The van der Waals surface area contributed by atoms with E-state index in [1.54, 1.807) is 30.0 Å². The highest BCUT2D eigenvalue weighted by Crippen LogP contribution is 2.21. The van der Waals surface area contributed by atoms with E-state index in [1.165, 1.54) is 12.1 Å². The molecule has 0 aliphatic carbocycles. The van der Waals surface area contributed by atoms with Gasteiger partial charge in [0, 0.05) is 49.5 Å². The van der Waals surface area contributed by atoms with Crippen molar-refractivity contribution in [1.29, 1.82) is 0 Å². The number of carbonyl (C=O) groups is 1. The van der Waals surface area contributed by atoms with Gasteiger partial charge in [0.25, 0.3) is 5.69 Å². The summed E-state index contributed by atoms with van der Waals surface area (Å²) >= 11 is 0. The van der Waals surface area contributed by atoms with E-state index < -0.39 is 4.92 Å². The second-order valence-corrected chi connectivity index (χ2v) is 4.64. The van der Waals surface area contributed by atoms with Gasteiger partial charge in [-0.3, -0.25) is 14.9 Å². The maximum absolute atomic E-state index is 11.8. The van der Waals surface area contributed by atoms with E-state index in [4.69, 9.17) is 4.74 Å². The van der Waals surface area contributed by atoms with E-state index in [2.05, 4.69) is 5.32 Å². The van der Waals surface area contributed by atoms with Crippen LogP contribution in [-0.4, -0.2) is 35.7 Å². The first-order valence-corrected chi connectivity index (χ1v) is 6.60. The lowest BCUT2D eigenvalue weighted by atomic mass is 10.2. The van der Waals surface area contributed by atoms with Gasteiger partial charge in [0.2, 0.25) is 5.91 Å². The second-order valence-electron chi connectivity index (χ2n) is 4.64. The Morgan fingerprint density at radius 2 is 2.24 bits per heavy atom. The largest absolute Gasteiger partial charge is 0.385 e. The fourth-order valence-corrected chi connectivity index (χ4v) is 2.09. The summed E-state index contributed by atoms with van der Waals surface area (Å²) in [5.74, 6) is -0.0954. The molecule has 1 heterocycles. The second kappa shape index (κ2) is 6.85. The van der Waals surface area contributed by atoms with Gasteiger partial charge in [0.15, 0.2) is 0 Å². The number of nitrogens with zero attached hydrogens (tertiary/aromatic N) is 2. The van der Waals surface area contributed by atoms with E-state index in [1.807, 2.05) is 0 Å². The molecule has 0 aliphatic rings. The summed E-state index contributed by atoms with van der Waals surface area (Å²) in [4.78, 5) is 22.1. The third-order valence-corrected chi connectivity index (χ3v) is 3.13. The topological polar surface area (TPSA) is 86.4 Å². The number of fused-ring (bicyclic) bond motifs is 1. The number of benzene rings is 1. The lowest BCUT2D eigenvalue weighted by molar-refractivity contribution is -0.384. The zero-order chi connectivity index (χ0) is 15.2. The lowest BCUT2D eigenvalue weighted by Gasteiger charge is -2.07. The number of rotatable bonds is 7. The molecule has 2 aromatic rings. The zero-order valence-electron chi connectivity index (χ0n) is 11.7. The molecule has 0 bridgehead atoms. The van der Waals surface area contributed by atoms with Crippen molar-refractivity contribution >= 4 is 22.5 Å². The number of nitrogens with one attached hydrogen (secondary N) is 1. The van der Waals surface area contributed by atoms with Crippen LogP contribution in [0.15, 0.2) is 30.5 Å². The van der Waals surface area contributed by atoms with Gasteiger partial charge in [-0.2, -0.15) is 0 Å². The number of methoxy groups -OCH3 is 1. The molecule has 1 N–H and O–H groups in total. The third kappa shape index (κ3) is 3.79. The summed E-state index contributed by atoms with van der Waals surface area (Å²) in [6.07, 6.45) is 2.52. The number of amides is 1. The average molecular weight is 291 g/mol. The smallest absolute Gasteiger partial charge is 0.270 e. The molecule has 1 amide bonds. The Morgan fingerprint density at radius 1 is 1.43 bits per heavy atom. The van der Waals surface area contributed by atoms with Crippen molar-refractivity contribution in [1.82, 2.24) is 9.88 Å². The molecule has 1 aromatic carbocycles. The molecule has 0 unspecified atom stereocenters. The summed E-state index contributed by atoms with van der Waals surface area (Å²) in [5.41, 5.74) is 0.844. The molecule has 2 rings (SSSR count). The molecule has 7 heteroatoms. The Kier molecular flexibility index (Phi) is 4.89. The van der Waals surface area contributed by atoms with Gasteiger partial charge >= 0.3 is 0 Å². The summed E-state index contributed by atoms with van der Waals surface area (Å²) in [6.45, 7) is 1.36. The SMILES string of the molecule is COCCCNC(=O)Cn1ccc2cc([N+](=O)[O-])ccc21. The fourth-order valence-electron chi connectivity index (χ4n) is 2.09. The summed E-state index contributed by atoms with van der Waals surface area (Å²) in [6, 6.07) is 6.36. The van der Waals surface area contributed by atoms with E-state index >= 15 is 0 Å². The van der Waals surface area contributed by atoms with Crippen molar-refractivity contribution in [2.75, 3.05) is 20.3 Å². The van der Waals surface area contributed by atoms with E-state index in [-0.39, 0.29) is 18.1 Å². The van der Waals surface area contributed by atoms with E-state index in [0.29, 0.717) is 13.2 Å². The molecule has 112 valence electrons. The minimum atomic E-state index is -0.431. The number of aromatic nitrogens is 1. The minimum Gasteiger partial charge on any atom is -0.385 e. The normalized spacial score (nSPS) is 10.7. The number of nitro groups is 1. The fraction of sp³-hybridized carbons (Fsp3) is 0.357. The van der Waals surface area contributed by atoms with Crippen LogP contribution in [-0.2, 0) is 16.1 Å². The van der Waals surface area contributed by atoms with E-state index in [0.717, 1.165) is 17.3 Å². The van der Waals surface area contributed by atoms with Crippen LogP contribution < -0.4 is 5.32 Å². The van der Waals surface area contributed by atoms with Gasteiger partial charge < -0.3 is 14.6 Å². The molecule has 0 aliphatic heterocycles. The molecule has 0 saturated carbocycles. The predicted molar refractivity (Wildman–Crippen MR) is 78.1 cm³/mol. The van der Waals surface area contributed by atoms with Crippen molar-refractivity contribution < 1.29 is 14.5 Å². The number of carbonyl (C=O) groups excluding carboxylic acids is 1. The number of nitro benzene ring substituents is 1. The van der Waals surface area contributed by atoms with Crippen molar-refractivity contribution in [3.05, 3.63) is 40.6 Å². The third-order valence-electron chi connectivity index (χ3n) is 3.13. The van der Waals surface area contributed by atoms with Gasteiger partial charge in [-0.05, 0) is 18.6 Å². The Hall–Kier alpha value is -2.41. The lowest BCUT2D eigenvalue weighted by Crippen LogP contribution is -2.28. The molecule has 0 saturated heterocycles. The maximum atomic E-state index is 11.8. The van der Waals surface area contributed by atoms with Gasteiger partial charge in [-0.1, -0.05) is 0 Å². The molecular weight excluding hydrogens is 274 g/mol. The monoisotopic (exact) mass is 291 g/mol. The summed E-state index contributed by atoms with van der Waals surface area (Å²) < 4.78 is 6.67. The number of hydrogen-bond donors (Lipinski definition) is 1. The zero-order valence-corrected chi connectivity index (χ0v) is 11.7.